The highest BCUT2D eigenvalue weighted by Gasteiger charge is 2.03. The number of carbonyl (C=O) groups excluding carboxylic acids is 1. The molecule has 4 heteroatoms. The third-order valence-electron chi connectivity index (χ3n) is 1.71. The molecular formula is C9H11NO3. The minimum Gasteiger partial charge on any atom is -0.508 e. The lowest BCUT2D eigenvalue weighted by Gasteiger charge is -2.02. The predicted octanol–water partition coefficient (Wildman–Crippen LogP) is 0.516. The van der Waals surface area contributed by atoms with Gasteiger partial charge in [-0.05, 0) is 18.1 Å². The van der Waals surface area contributed by atoms with E-state index in [1.807, 2.05) is 0 Å². The van der Waals surface area contributed by atoms with Crippen molar-refractivity contribution in [1.29, 1.82) is 0 Å². The van der Waals surface area contributed by atoms with Crippen molar-refractivity contribution in [2.75, 3.05) is 0 Å². The second kappa shape index (κ2) is 3.80. The number of phenols is 2. The van der Waals surface area contributed by atoms with Crippen molar-refractivity contribution < 1.29 is 15.0 Å². The third kappa shape index (κ3) is 2.66. The lowest BCUT2D eigenvalue weighted by atomic mass is 10.1. The van der Waals surface area contributed by atoms with Crippen LogP contribution in [0.2, 0.25) is 0 Å². The van der Waals surface area contributed by atoms with Crippen molar-refractivity contribution in [2.45, 2.75) is 12.8 Å². The summed E-state index contributed by atoms with van der Waals surface area (Å²) in [5.41, 5.74) is 5.56. The molecule has 1 aromatic rings. The van der Waals surface area contributed by atoms with Gasteiger partial charge in [0, 0.05) is 12.5 Å². The Hall–Kier alpha value is -1.71. The fourth-order valence-electron chi connectivity index (χ4n) is 1.02. The van der Waals surface area contributed by atoms with E-state index in [0.717, 1.165) is 0 Å². The Balaban J connectivity index is 2.72. The lowest BCUT2D eigenvalue weighted by Crippen LogP contribution is -2.11. The van der Waals surface area contributed by atoms with Gasteiger partial charge >= 0.3 is 0 Å². The van der Waals surface area contributed by atoms with E-state index in [4.69, 9.17) is 10.8 Å². The number of hydrogen-bond donors (Lipinski definition) is 3. The van der Waals surface area contributed by atoms with Crippen LogP contribution in [0.1, 0.15) is 12.0 Å². The summed E-state index contributed by atoms with van der Waals surface area (Å²) in [7, 11) is 0. The first kappa shape index (κ1) is 9.38. The smallest absolute Gasteiger partial charge is 0.217 e. The zero-order chi connectivity index (χ0) is 9.84. The summed E-state index contributed by atoms with van der Waals surface area (Å²) in [4.78, 5) is 10.4. The number of rotatable bonds is 3. The van der Waals surface area contributed by atoms with Crippen LogP contribution in [0.3, 0.4) is 0 Å². The van der Waals surface area contributed by atoms with E-state index < -0.39 is 5.91 Å². The molecule has 4 N–H and O–H groups in total. The number of phenolic OH excluding ortho intramolecular Hbond substituents is 2. The molecule has 0 spiro atoms. The van der Waals surface area contributed by atoms with Crippen molar-refractivity contribution in [1.82, 2.24) is 0 Å². The molecule has 0 aliphatic carbocycles. The highest BCUT2D eigenvalue weighted by molar-refractivity contribution is 5.74. The first-order chi connectivity index (χ1) is 6.09. The lowest BCUT2D eigenvalue weighted by molar-refractivity contribution is -0.117. The molecule has 13 heavy (non-hydrogen) atoms. The average molecular weight is 181 g/mol. The summed E-state index contributed by atoms with van der Waals surface area (Å²) >= 11 is 0. The second-order valence-electron chi connectivity index (χ2n) is 2.78. The summed E-state index contributed by atoms with van der Waals surface area (Å²) in [6.07, 6.45) is 0.583. The first-order valence-electron chi connectivity index (χ1n) is 3.89. The van der Waals surface area contributed by atoms with Crippen molar-refractivity contribution in [2.24, 2.45) is 5.73 Å². The maximum Gasteiger partial charge on any atom is 0.217 e. The summed E-state index contributed by atoms with van der Waals surface area (Å²) in [5.74, 6) is -0.422. The largest absolute Gasteiger partial charge is 0.508 e. The van der Waals surface area contributed by atoms with E-state index >= 15 is 0 Å². The number of aromatic hydroxyl groups is 2. The van der Waals surface area contributed by atoms with Gasteiger partial charge in [0.15, 0.2) is 0 Å². The van der Waals surface area contributed by atoms with Gasteiger partial charge in [0.05, 0.1) is 0 Å². The number of aryl methyl sites for hydroxylation is 1. The average Bonchev–Trinajstić information content (AvgIpc) is 2.02. The van der Waals surface area contributed by atoms with E-state index in [2.05, 4.69) is 0 Å². The summed E-state index contributed by atoms with van der Waals surface area (Å²) in [5, 5.41) is 18.3. The van der Waals surface area contributed by atoms with Gasteiger partial charge in [-0.2, -0.15) is 0 Å². The van der Waals surface area contributed by atoms with Crippen LogP contribution >= 0.6 is 0 Å². The van der Waals surface area contributed by atoms with Gasteiger partial charge in [0.1, 0.15) is 11.5 Å². The highest BCUT2D eigenvalue weighted by atomic mass is 16.3. The normalized spacial score (nSPS) is 9.85. The van der Waals surface area contributed by atoms with E-state index in [1.54, 1.807) is 6.07 Å². The van der Waals surface area contributed by atoms with Crippen LogP contribution in [0.4, 0.5) is 0 Å². The molecule has 0 saturated heterocycles. The Kier molecular flexibility index (Phi) is 2.74. The molecule has 0 saturated carbocycles. The number of hydrogen-bond acceptors (Lipinski definition) is 3. The van der Waals surface area contributed by atoms with Crippen LogP contribution in [0.25, 0.3) is 0 Å². The molecule has 1 amide bonds. The van der Waals surface area contributed by atoms with Gasteiger partial charge in [-0.15, -0.1) is 0 Å². The van der Waals surface area contributed by atoms with Crippen LogP contribution < -0.4 is 5.73 Å². The van der Waals surface area contributed by atoms with E-state index in [0.29, 0.717) is 12.0 Å². The van der Waals surface area contributed by atoms with Gasteiger partial charge in [0.2, 0.25) is 5.91 Å². The number of carbonyl (C=O) groups is 1. The molecule has 0 aromatic heterocycles. The van der Waals surface area contributed by atoms with Gasteiger partial charge in [-0.25, -0.2) is 0 Å². The van der Waals surface area contributed by atoms with Crippen molar-refractivity contribution in [3.63, 3.8) is 0 Å². The van der Waals surface area contributed by atoms with E-state index in [1.165, 1.54) is 12.1 Å². The van der Waals surface area contributed by atoms with E-state index in [-0.39, 0.29) is 17.9 Å². The molecule has 4 nitrogen and oxygen atoms in total. The second-order valence-corrected chi connectivity index (χ2v) is 2.78. The Bertz CT molecular complexity index is 323. The quantitative estimate of drug-likeness (QED) is 0.635. The minimum absolute atomic E-state index is 0.000301. The summed E-state index contributed by atoms with van der Waals surface area (Å²) < 4.78 is 0. The predicted molar refractivity (Wildman–Crippen MR) is 47.3 cm³/mol. The number of amides is 1. The molecule has 70 valence electrons. The molecule has 0 fully saturated rings. The van der Waals surface area contributed by atoms with Gasteiger partial charge < -0.3 is 15.9 Å². The van der Waals surface area contributed by atoms with Crippen LogP contribution in [0.5, 0.6) is 11.5 Å². The molecular weight excluding hydrogens is 170 g/mol. The highest BCUT2D eigenvalue weighted by Crippen LogP contribution is 2.23. The molecule has 0 heterocycles. The van der Waals surface area contributed by atoms with Crippen molar-refractivity contribution >= 4 is 5.91 Å². The molecule has 0 aliphatic rings. The first-order valence-corrected chi connectivity index (χ1v) is 3.89. The van der Waals surface area contributed by atoms with Gasteiger partial charge in [-0.1, -0.05) is 6.07 Å². The topological polar surface area (TPSA) is 83.6 Å². The summed E-state index contributed by atoms with van der Waals surface area (Å²) in [6, 6.07) is 4.25. The number of primary amides is 1. The molecule has 0 atom stereocenters. The maximum absolute atomic E-state index is 10.4. The monoisotopic (exact) mass is 181 g/mol. The molecule has 1 aromatic carbocycles. The van der Waals surface area contributed by atoms with Crippen molar-refractivity contribution in [3.8, 4) is 11.5 Å². The third-order valence-corrected chi connectivity index (χ3v) is 1.71. The molecule has 1 rings (SSSR count). The Morgan fingerprint density at radius 1 is 1.38 bits per heavy atom. The zero-order valence-corrected chi connectivity index (χ0v) is 7.03. The maximum atomic E-state index is 10.4. The van der Waals surface area contributed by atoms with Gasteiger partial charge in [-0.3, -0.25) is 4.79 Å². The number of benzene rings is 1. The van der Waals surface area contributed by atoms with Crippen LogP contribution in [-0.4, -0.2) is 16.1 Å². The van der Waals surface area contributed by atoms with Crippen molar-refractivity contribution in [3.05, 3.63) is 23.8 Å². The fraction of sp³-hybridized carbons (Fsp3) is 0.222. The van der Waals surface area contributed by atoms with E-state index in [9.17, 15) is 9.90 Å². The Labute approximate surface area is 75.6 Å². The number of nitrogens with two attached hydrogens (primary N) is 1. The molecule has 0 bridgehead atoms. The Morgan fingerprint density at radius 2 is 2.08 bits per heavy atom. The minimum atomic E-state index is -0.410. The zero-order valence-electron chi connectivity index (χ0n) is 7.03. The van der Waals surface area contributed by atoms with Gasteiger partial charge in [0.25, 0.3) is 0 Å². The van der Waals surface area contributed by atoms with Crippen LogP contribution in [0.15, 0.2) is 18.2 Å². The molecule has 0 radical (unpaired) electrons. The Morgan fingerprint density at radius 3 is 2.62 bits per heavy atom. The standard InChI is InChI=1S/C9H11NO3/c10-9(13)4-2-6-1-3-7(11)5-8(6)12/h1,3,5,11-12H,2,4H2,(H2,10,13). The SMILES string of the molecule is NC(=O)CCc1ccc(O)cc1O. The molecule has 0 aliphatic heterocycles. The van der Waals surface area contributed by atoms with Crippen LogP contribution in [0, 0.1) is 0 Å². The summed E-state index contributed by atoms with van der Waals surface area (Å²) in [6.45, 7) is 0. The van der Waals surface area contributed by atoms with Crippen LogP contribution in [-0.2, 0) is 11.2 Å². The molecule has 0 unspecified atom stereocenters. The fourth-order valence-corrected chi connectivity index (χ4v) is 1.02.